The van der Waals surface area contributed by atoms with Gasteiger partial charge >= 0.3 is 0 Å². The van der Waals surface area contributed by atoms with E-state index in [-0.39, 0.29) is 41.5 Å². The van der Waals surface area contributed by atoms with Crippen molar-refractivity contribution in [1.29, 1.82) is 0 Å². The molecule has 43 heavy (non-hydrogen) atoms. The average Bonchev–Trinajstić information content (AvgIpc) is 3.42. The van der Waals surface area contributed by atoms with E-state index in [1.54, 1.807) is 36.4 Å². The Bertz CT molecular complexity index is 1720. The molecule has 3 fully saturated rings. The van der Waals surface area contributed by atoms with Gasteiger partial charge in [0.1, 0.15) is 0 Å². The average molecular weight is 597 g/mol. The number of rotatable bonds is 5. The van der Waals surface area contributed by atoms with Crippen LogP contribution in [-0.2, 0) is 24.6 Å². The Labute approximate surface area is 253 Å². The Morgan fingerprint density at radius 3 is 2.51 bits per heavy atom. The highest BCUT2D eigenvalue weighted by molar-refractivity contribution is 6.32. The van der Waals surface area contributed by atoms with Crippen molar-refractivity contribution >= 4 is 40.9 Å². The number of ether oxygens (including phenoxy) is 1. The number of imide groups is 2. The fraction of sp³-hybridized carbons (Fsp3) is 0.294. The highest BCUT2D eigenvalue weighted by atomic mass is 35.5. The first kappa shape index (κ1) is 27.4. The summed E-state index contributed by atoms with van der Waals surface area (Å²) < 4.78 is 5.75. The molecule has 2 N–H and O–H groups in total. The number of halogens is 1. The van der Waals surface area contributed by atoms with Gasteiger partial charge in [-0.25, -0.2) is 4.90 Å². The van der Waals surface area contributed by atoms with Crippen molar-refractivity contribution in [2.45, 2.75) is 31.1 Å². The highest BCUT2D eigenvalue weighted by Gasteiger charge is 2.69. The molecule has 0 bridgehead atoms. The number of nitrogens with one attached hydrogen (secondary N) is 1. The third-order valence-corrected chi connectivity index (χ3v) is 9.86. The number of benzene rings is 3. The van der Waals surface area contributed by atoms with Gasteiger partial charge in [0.05, 0.1) is 35.5 Å². The summed E-state index contributed by atoms with van der Waals surface area (Å²) in [6, 6.07) is 21.0. The third-order valence-electron chi connectivity index (χ3n) is 9.63. The van der Waals surface area contributed by atoms with Crippen LogP contribution in [0.1, 0.15) is 36.8 Å². The van der Waals surface area contributed by atoms with E-state index in [0.717, 1.165) is 5.57 Å². The van der Waals surface area contributed by atoms with Gasteiger partial charge < -0.3 is 9.84 Å². The maximum atomic E-state index is 15.1. The molecule has 8 nitrogen and oxygen atoms in total. The Morgan fingerprint density at radius 2 is 1.77 bits per heavy atom. The van der Waals surface area contributed by atoms with Gasteiger partial charge in [-0.2, -0.15) is 0 Å². The van der Waals surface area contributed by atoms with E-state index in [4.69, 9.17) is 16.3 Å². The van der Waals surface area contributed by atoms with Crippen LogP contribution in [0.25, 0.3) is 0 Å². The minimum atomic E-state index is -1.38. The zero-order valence-corrected chi connectivity index (χ0v) is 24.1. The van der Waals surface area contributed by atoms with E-state index < -0.39 is 35.0 Å². The fourth-order valence-electron chi connectivity index (χ4n) is 8.01. The summed E-state index contributed by atoms with van der Waals surface area (Å²) in [6.45, 7) is 2.12. The van der Waals surface area contributed by atoms with Gasteiger partial charge in [0.25, 0.3) is 0 Å². The number of phenols is 1. The van der Waals surface area contributed by atoms with Gasteiger partial charge in [-0.3, -0.25) is 24.5 Å². The summed E-state index contributed by atoms with van der Waals surface area (Å²) in [4.78, 5) is 56.9. The van der Waals surface area contributed by atoms with Crippen LogP contribution in [0.5, 0.6) is 11.5 Å². The minimum absolute atomic E-state index is 0.0453. The van der Waals surface area contributed by atoms with Crippen LogP contribution in [0.4, 0.5) is 5.69 Å². The number of nitrogens with zero attached hydrogens (tertiary/aromatic N) is 1. The van der Waals surface area contributed by atoms with Crippen LogP contribution in [0.2, 0.25) is 5.02 Å². The summed E-state index contributed by atoms with van der Waals surface area (Å²) in [5.74, 6) is -4.36. The Kier molecular flexibility index (Phi) is 6.43. The van der Waals surface area contributed by atoms with Crippen molar-refractivity contribution in [3.05, 3.63) is 101 Å². The monoisotopic (exact) mass is 596 g/mol. The second-order valence-electron chi connectivity index (χ2n) is 11.6. The summed E-state index contributed by atoms with van der Waals surface area (Å²) in [5, 5.41) is 13.5. The van der Waals surface area contributed by atoms with E-state index in [0.29, 0.717) is 34.9 Å². The lowest BCUT2D eigenvalue weighted by molar-refractivity contribution is -0.128. The first-order valence-corrected chi connectivity index (χ1v) is 14.8. The maximum absolute atomic E-state index is 15.1. The molecular weight excluding hydrogens is 568 g/mol. The molecule has 3 aromatic rings. The Hall–Kier alpha value is -4.43. The first-order valence-electron chi connectivity index (χ1n) is 14.5. The van der Waals surface area contributed by atoms with Crippen molar-refractivity contribution in [1.82, 2.24) is 5.32 Å². The van der Waals surface area contributed by atoms with Crippen molar-refractivity contribution in [3.8, 4) is 11.5 Å². The molecule has 218 valence electrons. The van der Waals surface area contributed by atoms with Crippen molar-refractivity contribution in [2.75, 3.05) is 11.5 Å². The topological polar surface area (TPSA) is 113 Å². The lowest BCUT2D eigenvalue weighted by Crippen LogP contribution is -2.53. The van der Waals surface area contributed by atoms with E-state index in [9.17, 15) is 19.5 Å². The summed E-state index contributed by atoms with van der Waals surface area (Å²) >= 11 is 6.33. The number of fused-ring (bicyclic) bond motifs is 4. The number of aromatic hydroxyl groups is 1. The normalized spacial score (nSPS) is 29.5. The number of allylic oxidation sites excluding steroid dienone is 2. The quantitative estimate of drug-likeness (QED) is 0.320. The maximum Gasteiger partial charge on any atom is 0.246 e. The van der Waals surface area contributed by atoms with Crippen LogP contribution in [0.15, 0.2) is 84.4 Å². The molecule has 6 unspecified atom stereocenters. The zero-order valence-electron chi connectivity index (χ0n) is 23.3. The van der Waals surface area contributed by atoms with E-state index in [2.05, 4.69) is 5.32 Å². The van der Waals surface area contributed by atoms with Gasteiger partial charge in [-0.1, -0.05) is 65.7 Å². The van der Waals surface area contributed by atoms with Gasteiger partial charge in [-0.15, -0.1) is 0 Å². The van der Waals surface area contributed by atoms with Crippen LogP contribution in [0.3, 0.4) is 0 Å². The first-order chi connectivity index (χ1) is 20.8. The summed E-state index contributed by atoms with van der Waals surface area (Å²) in [5.41, 5.74) is 1.18. The number of carbonyl (C=O) groups is 4. The zero-order chi connectivity index (χ0) is 30.0. The molecule has 2 aliphatic carbocycles. The molecule has 4 aliphatic rings. The molecule has 7 rings (SSSR count). The van der Waals surface area contributed by atoms with Gasteiger partial charge in [0.15, 0.2) is 11.5 Å². The largest absolute Gasteiger partial charge is 0.504 e. The Morgan fingerprint density at radius 1 is 0.977 bits per heavy atom. The van der Waals surface area contributed by atoms with E-state index in [1.807, 2.05) is 43.3 Å². The van der Waals surface area contributed by atoms with Gasteiger partial charge in [-0.05, 0) is 67.1 Å². The lowest BCUT2D eigenvalue weighted by atomic mass is 9.49. The lowest BCUT2D eigenvalue weighted by Gasteiger charge is -2.50. The minimum Gasteiger partial charge on any atom is -0.504 e. The molecule has 3 aromatic carbocycles. The van der Waals surface area contributed by atoms with Crippen LogP contribution < -0.4 is 15.0 Å². The SMILES string of the molecule is CCOc1cc(C2C3=CCC4C(=O)NC(=O)C4C3CC3C(=O)N(c4cccc(Cl)c4)C(=O)C32c2ccccc2)ccc1O. The highest BCUT2D eigenvalue weighted by Crippen LogP contribution is 2.64. The number of hydrogen-bond donors (Lipinski definition) is 2. The molecular formula is C34H29ClN2O6. The summed E-state index contributed by atoms with van der Waals surface area (Å²) in [7, 11) is 0. The molecule has 2 saturated heterocycles. The van der Waals surface area contributed by atoms with Crippen LogP contribution >= 0.6 is 11.6 Å². The fourth-order valence-corrected chi connectivity index (χ4v) is 8.20. The third kappa shape index (κ3) is 3.89. The van der Waals surface area contributed by atoms with E-state index >= 15 is 4.79 Å². The molecule has 1 saturated carbocycles. The molecule has 0 spiro atoms. The predicted octanol–water partition coefficient (Wildman–Crippen LogP) is 4.89. The number of phenolic OH excluding ortho intramolecular Hbond substituents is 1. The number of carbonyl (C=O) groups excluding carboxylic acids is 4. The molecule has 0 aromatic heterocycles. The van der Waals surface area contributed by atoms with Gasteiger partial charge in [0.2, 0.25) is 23.6 Å². The second kappa shape index (κ2) is 10.1. The molecule has 6 atom stereocenters. The number of hydrogen-bond acceptors (Lipinski definition) is 6. The van der Waals surface area contributed by atoms with Crippen LogP contribution in [0, 0.1) is 23.7 Å². The standard InChI is InChI=1S/C34H29ClN2O6/c1-2-43-27-15-18(11-14-26(27)38)29-22-12-13-23-28(31(40)36-30(23)39)24(22)17-25-32(41)37(21-10-6-9-20(35)16-21)33(42)34(25,29)19-7-4-3-5-8-19/h3-12,14-16,23-25,28-29,38H,2,13,17H2,1H3,(H,36,39,40). The van der Waals surface area contributed by atoms with Gasteiger partial charge in [0, 0.05) is 10.9 Å². The second-order valence-corrected chi connectivity index (χ2v) is 12.0. The summed E-state index contributed by atoms with van der Waals surface area (Å²) in [6.07, 6.45) is 2.55. The van der Waals surface area contributed by atoms with E-state index in [1.165, 1.54) is 11.0 Å². The molecule has 4 amide bonds. The number of anilines is 1. The van der Waals surface area contributed by atoms with Crippen molar-refractivity contribution < 1.29 is 29.0 Å². The molecule has 2 heterocycles. The predicted molar refractivity (Wildman–Crippen MR) is 159 cm³/mol. The van der Waals surface area contributed by atoms with Crippen molar-refractivity contribution in [3.63, 3.8) is 0 Å². The van der Waals surface area contributed by atoms with Crippen molar-refractivity contribution in [2.24, 2.45) is 23.7 Å². The number of amides is 4. The Balaban J connectivity index is 1.52. The molecule has 2 aliphatic heterocycles. The molecule has 9 heteroatoms. The smallest absolute Gasteiger partial charge is 0.246 e. The van der Waals surface area contributed by atoms with Crippen LogP contribution in [-0.4, -0.2) is 35.3 Å². The molecule has 0 radical (unpaired) electrons.